The van der Waals surface area contributed by atoms with E-state index in [9.17, 15) is 4.79 Å². The van der Waals surface area contributed by atoms with Gasteiger partial charge in [-0.25, -0.2) is 4.98 Å². The fourth-order valence-electron chi connectivity index (χ4n) is 3.86. The first-order chi connectivity index (χ1) is 15.1. The molecule has 0 unspecified atom stereocenters. The van der Waals surface area contributed by atoms with E-state index in [1.807, 2.05) is 86.8 Å². The number of aromatic nitrogens is 1. The Morgan fingerprint density at radius 1 is 0.968 bits per heavy atom. The van der Waals surface area contributed by atoms with Gasteiger partial charge in [-0.3, -0.25) is 4.79 Å². The van der Waals surface area contributed by atoms with Crippen LogP contribution in [0.2, 0.25) is 0 Å². The molecule has 31 heavy (non-hydrogen) atoms. The van der Waals surface area contributed by atoms with Crippen molar-refractivity contribution >= 4 is 16.8 Å². The summed E-state index contributed by atoms with van der Waals surface area (Å²) in [5.41, 5.74) is 5.31. The highest BCUT2D eigenvalue weighted by Crippen LogP contribution is 2.33. The van der Waals surface area contributed by atoms with Crippen LogP contribution < -0.4 is 9.47 Å². The molecular formula is C26H22N2O3. The first-order valence-electron chi connectivity index (χ1n) is 10.2. The summed E-state index contributed by atoms with van der Waals surface area (Å²) < 4.78 is 10.8. The predicted octanol–water partition coefficient (Wildman–Crippen LogP) is 5.21. The largest absolute Gasteiger partial charge is 0.454 e. The zero-order chi connectivity index (χ0) is 21.4. The van der Waals surface area contributed by atoms with Crippen LogP contribution in [0.25, 0.3) is 22.2 Å². The summed E-state index contributed by atoms with van der Waals surface area (Å²) in [6.07, 6.45) is 0. The van der Waals surface area contributed by atoms with Crippen molar-refractivity contribution in [3.8, 4) is 22.8 Å². The second-order valence-electron chi connectivity index (χ2n) is 7.79. The van der Waals surface area contributed by atoms with E-state index in [0.29, 0.717) is 12.1 Å². The van der Waals surface area contributed by atoms with Gasteiger partial charge in [0.15, 0.2) is 11.5 Å². The molecule has 0 bridgehead atoms. The van der Waals surface area contributed by atoms with Gasteiger partial charge in [0, 0.05) is 24.5 Å². The Morgan fingerprint density at radius 3 is 2.61 bits per heavy atom. The lowest BCUT2D eigenvalue weighted by molar-refractivity contribution is 0.0787. The lowest BCUT2D eigenvalue weighted by atomic mass is 10.0. The number of benzene rings is 3. The second kappa shape index (κ2) is 7.76. The van der Waals surface area contributed by atoms with Crippen molar-refractivity contribution in [2.75, 3.05) is 13.8 Å². The standard InChI is InChI=1S/C26H22N2O3/c1-17-8-10-22-20(12-17)21(14-23(27-22)19-6-4-3-5-7-19)26(29)28(2)15-18-9-11-24-25(13-18)31-16-30-24/h3-14H,15-16H2,1-2H3. The maximum Gasteiger partial charge on any atom is 0.254 e. The summed E-state index contributed by atoms with van der Waals surface area (Å²) in [6, 6.07) is 23.6. The smallest absolute Gasteiger partial charge is 0.254 e. The molecule has 0 radical (unpaired) electrons. The van der Waals surface area contributed by atoms with Gasteiger partial charge in [0.25, 0.3) is 5.91 Å². The Hall–Kier alpha value is -3.86. The van der Waals surface area contributed by atoms with Crippen LogP contribution in [0.1, 0.15) is 21.5 Å². The Kier molecular flexibility index (Phi) is 4.79. The number of amides is 1. The maximum absolute atomic E-state index is 13.5. The number of hydrogen-bond acceptors (Lipinski definition) is 4. The highest BCUT2D eigenvalue weighted by atomic mass is 16.7. The third kappa shape index (κ3) is 3.70. The number of fused-ring (bicyclic) bond motifs is 2. The van der Waals surface area contributed by atoms with Crippen LogP contribution in [-0.4, -0.2) is 29.6 Å². The van der Waals surface area contributed by atoms with Gasteiger partial charge in [-0.1, -0.05) is 48.0 Å². The number of carbonyl (C=O) groups is 1. The molecule has 0 N–H and O–H groups in total. The normalized spacial score (nSPS) is 12.2. The molecule has 0 atom stereocenters. The van der Waals surface area contributed by atoms with Crippen LogP contribution in [0.3, 0.4) is 0 Å². The van der Waals surface area contributed by atoms with Crippen LogP contribution in [0.15, 0.2) is 72.8 Å². The molecule has 5 rings (SSSR count). The number of nitrogens with zero attached hydrogens (tertiary/aromatic N) is 2. The van der Waals surface area contributed by atoms with E-state index < -0.39 is 0 Å². The monoisotopic (exact) mass is 410 g/mol. The number of aryl methyl sites for hydroxylation is 1. The van der Waals surface area contributed by atoms with Gasteiger partial charge in [-0.05, 0) is 42.8 Å². The van der Waals surface area contributed by atoms with Gasteiger partial charge in [-0.15, -0.1) is 0 Å². The van der Waals surface area contributed by atoms with Crippen LogP contribution >= 0.6 is 0 Å². The molecule has 4 aromatic rings. The highest BCUT2D eigenvalue weighted by Gasteiger charge is 2.19. The van der Waals surface area contributed by atoms with Crippen molar-refractivity contribution in [1.82, 2.24) is 9.88 Å². The van der Waals surface area contributed by atoms with E-state index in [-0.39, 0.29) is 12.7 Å². The lowest BCUT2D eigenvalue weighted by Crippen LogP contribution is -2.26. The van der Waals surface area contributed by atoms with Crippen LogP contribution in [0.5, 0.6) is 11.5 Å². The molecular weight excluding hydrogens is 388 g/mol. The SMILES string of the molecule is Cc1ccc2nc(-c3ccccc3)cc(C(=O)N(C)Cc3ccc4c(c3)OCO4)c2c1. The predicted molar refractivity (Wildman–Crippen MR) is 120 cm³/mol. The molecule has 2 heterocycles. The molecule has 3 aromatic carbocycles. The first kappa shape index (κ1) is 19.1. The van der Waals surface area contributed by atoms with Crippen LogP contribution in [0.4, 0.5) is 0 Å². The van der Waals surface area contributed by atoms with E-state index in [2.05, 4.69) is 0 Å². The topological polar surface area (TPSA) is 51.7 Å². The Balaban J connectivity index is 1.53. The highest BCUT2D eigenvalue weighted by molar-refractivity contribution is 6.07. The number of rotatable bonds is 4. The quantitative estimate of drug-likeness (QED) is 0.463. The van der Waals surface area contributed by atoms with Gasteiger partial charge in [0.05, 0.1) is 16.8 Å². The Labute approximate surface area is 180 Å². The summed E-state index contributed by atoms with van der Waals surface area (Å²) in [5.74, 6) is 1.41. The summed E-state index contributed by atoms with van der Waals surface area (Å²) in [6.45, 7) is 2.72. The minimum atomic E-state index is -0.0483. The summed E-state index contributed by atoms with van der Waals surface area (Å²) in [7, 11) is 1.82. The third-order valence-corrected chi connectivity index (χ3v) is 5.47. The van der Waals surface area contributed by atoms with E-state index in [1.54, 1.807) is 4.90 Å². The maximum atomic E-state index is 13.5. The fraction of sp³-hybridized carbons (Fsp3) is 0.154. The minimum absolute atomic E-state index is 0.0483. The van der Waals surface area contributed by atoms with Crippen LogP contribution in [0, 0.1) is 6.92 Å². The number of pyridine rings is 1. The van der Waals surface area contributed by atoms with Gasteiger partial charge < -0.3 is 14.4 Å². The van der Waals surface area contributed by atoms with Crippen molar-refractivity contribution < 1.29 is 14.3 Å². The molecule has 1 aliphatic heterocycles. The average Bonchev–Trinajstić information content (AvgIpc) is 3.26. The second-order valence-corrected chi connectivity index (χ2v) is 7.79. The van der Waals surface area contributed by atoms with E-state index in [0.717, 1.165) is 44.8 Å². The van der Waals surface area contributed by atoms with Crippen molar-refractivity contribution in [2.45, 2.75) is 13.5 Å². The lowest BCUT2D eigenvalue weighted by Gasteiger charge is -2.19. The van der Waals surface area contributed by atoms with E-state index in [1.165, 1.54) is 0 Å². The van der Waals surface area contributed by atoms with Crippen molar-refractivity contribution in [3.63, 3.8) is 0 Å². The molecule has 1 aromatic heterocycles. The molecule has 1 aliphatic rings. The summed E-state index contributed by atoms with van der Waals surface area (Å²) in [5, 5.41) is 0.863. The molecule has 1 amide bonds. The molecule has 154 valence electrons. The number of ether oxygens (including phenoxy) is 2. The molecule has 0 fully saturated rings. The van der Waals surface area contributed by atoms with Gasteiger partial charge in [0.1, 0.15) is 0 Å². The molecule has 5 heteroatoms. The molecule has 0 saturated carbocycles. The van der Waals surface area contributed by atoms with Crippen LogP contribution in [-0.2, 0) is 6.54 Å². The average molecular weight is 410 g/mol. The molecule has 0 saturated heterocycles. The van der Waals surface area contributed by atoms with E-state index in [4.69, 9.17) is 14.5 Å². The summed E-state index contributed by atoms with van der Waals surface area (Å²) in [4.78, 5) is 20.1. The summed E-state index contributed by atoms with van der Waals surface area (Å²) >= 11 is 0. The zero-order valence-electron chi connectivity index (χ0n) is 17.5. The molecule has 5 nitrogen and oxygen atoms in total. The number of hydrogen-bond donors (Lipinski definition) is 0. The molecule has 0 aliphatic carbocycles. The Bertz CT molecular complexity index is 1280. The van der Waals surface area contributed by atoms with Crippen molar-refractivity contribution in [3.05, 3.63) is 89.5 Å². The van der Waals surface area contributed by atoms with Crippen molar-refractivity contribution in [2.24, 2.45) is 0 Å². The number of carbonyl (C=O) groups excluding carboxylic acids is 1. The van der Waals surface area contributed by atoms with Crippen molar-refractivity contribution in [1.29, 1.82) is 0 Å². The third-order valence-electron chi connectivity index (χ3n) is 5.47. The minimum Gasteiger partial charge on any atom is -0.454 e. The zero-order valence-corrected chi connectivity index (χ0v) is 17.5. The molecule has 0 spiro atoms. The fourth-order valence-corrected chi connectivity index (χ4v) is 3.86. The van der Waals surface area contributed by atoms with Gasteiger partial charge in [-0.2, -0.15) is 0 Å². The van der Waals surface area contributed by atoms with Gasteiger partial charge >= 0.3 is 0 Å². The van der Waals surface area contributed by atoms with Gasteiger partial charge in [0.2, 0.25) is 6.79 Å². The van der Waals surface area contributed by atoms with E-state index >= 15 is 0 Å². The first-order valence-corrected chi connectivity index (χ1v) is 10.2. The Morgan fingerprint density at radius 2 is 1.77 bits per heavy atom.